The highest BCUT2D eigenvalue weighted by atomic mass is 16.4. The van der Waals surface area contributed by atoms with Gasteiger partial charge >= 0.3 is 0 Å². The molecule has 1 fully saturated rings. The topological polar surface area (TPSA) is 56.9 Å². The number of hydrogen-bond acceptors (Lipinski definition) is 4. The fourth-order valence-electron chi connectivity index (χ4n) is 3.27. The normalized spacial score (nSPS) is 17.4. The van der Waals surface area contributed by atoms with E-state index in [9.17, 15) is 9.90 Å². The Morgan fingerprint density at radius 1 is 1.22 bits per heavy atom. The second-order valence-corrected chi connectivity index (χ2v) is 7.55. The molecule has 0 spiro atoms. The molecule has 5 heteroatoms. The molecule has 5 nitrogen and oxygen atoms in total. The molecule has 142 valence electrons. The molecule has 0 bridgehead atoms. The molecule has 1 aromatic heterocycles. The van der Waals surface area contributed by atoms with Gasteiger partial charge in [-0.05, 0) is 57.4 Å². The number of aliphatic hydroxyl groups is 1. The summed E-state index contributed by atoms with van der Waals surface area (Å²) in [6.45, 7) is 9.57. The maximum absolute atomic E-state index is 12.9. The standard InChI is InChI=1S/C22H26N2O3/c1-16-7-5-6-8-19(16)23-13-14-24(17(2)15-23)21(25)20-10-9-18(27-20)11-12-22(3,4)26/h5-10,17,26H,13-15H2,1-4H3/t17-/m0/s1. The molecule has 0 saturated carbocycles. The zero-order valence-corrected chi connectivity index (χ0v) is 16.3. The van der Waals surface area contributed by atoms with E-state index in [-0.39, 0.29) is 17.7 Å². The number of aryl methyl sites for hydroxylation is 1. The number of para-hydroxylation sites is 1. The zero-order valence-electron chi connectivity index (χ0n) is 16.3. The number of nitrogens with zero attached hydrogens (tertiary/aromatic N) is 2. The van der Waals surface area contributed by atoms with Crippen molar-refractivity contribution in [3.8, 4) is 11.8 Å². The van der Waals surface area contributed by atoms with Gasteiger partial charge in [0.2, 0.25) is 0 Å². The van der Waals surface area contributed by atoms with Gasteiger partial charge in [0.1, 0.15) is 5.60 Å². The Labute approximate surface area is 160 Å². The monoisotopic (exact) mass is 366 g/mol. The molecular weight excluding hydrogens is 340 g/mol. The Balaban J connectivity index is 1.69. The summed E-state index contributed by atoms with van der Waals surface area (Å²) in [5.41, 5.74) is 1.36. The number of rotatable bonds is 2. The summed E-state index contributed by atoms with van der Waals surface area (Å²) in [5.74, 6) is 5.99. The van der Waals surface area contributed by atoms with E-state index in [2.05, 4.69) is 42.7 Å². The molecule has 1 atom stereocenters. The van der Waals surface area contributed by atoms with Gasteiger partial charge < -0.3 is 19.3 Å². The summed E-state index contributed by atoms with van der Waals surface area (Å²) in [5, 5.41) is 9.68. The van der Waals surface area contributed by atoms with Crippen molar-refractivity contribution in [2.45, 2.75) is 39.3 Å². The maximum Gasteiger partial charge on any atom is 0.289 e. The molecule has 2 aromatic rings. The molecule has 1 amide bonds. The Kier molecular flexibility index (Phi) is 5.29. The van der Waals surface area contributed by atoms with Crippen LogP contribution in [-0.4, -0.2) is 47.2 Å². The number of amides is 1. The fraction of sp³-hybridized carbons (Fsp3) is 0.409. The summed E-state index contributed by atoms with van der Waals surface area (Å²) in [6, 6.07) is 11.7. The molecule has 1 N–H and O–H groups in total. The second-order valence-electron chi connectivity index (χ2n) is 7.55. The minimum atomic E-state index is -1.10. The van der Waals surface area contributed by atoms with Crippen molar-refractivity contribution in [1.29, 1.82) is 0 Å². The van der Waals surface area contributed by atoms with Crippen LogP contribution in [0.15, 0.2) is 40.8 Å². The van der Waals surface area contributed by atoms with Crippen LogP contribution in [0.25, 0.3) is 0 Å². The summed E-state index contributed by atoms with van der Waals surface area (Å²) in [7, 11) is 0. The van der Waals surface area contributed by atoms with Gasteiger partial charge in [0.05, 0.1) is 0 Å². The quantitative estimate of drug-likeness (QED) is 0.830. The molecule has 2 heterocycles. The predicted molar refractivity (Wildman–Crippen MR) is 106 cm³/mol. The molecule has 1 aliphatic heterocycles. The average Bonchev–Trinajstić information content (AvgIpc) is 3.08. The lowest BCUT2D eigenvalue weighted by Crippen LogP contribution is -2.54. The van der Waals surface area contributed by atoms with Crippen LogP contribution in [0.1, 0.15) is 42.6 Å². The third-order valence-corrected chi connectivity index (χ3v) is 4.65. The Morgan fingerprint density at radius 2 is 1.96 bits per heavy atom. The van der Waals surface area contributed by atoms with E-state index < -0.39 is 5.60 Å². The van der Waals surface area contributed by atoms with Crippen LogP contribution in [0.2, 0.25) is 0 Å². The Bertz CT molecular complexity index is 883. The summed E-state index contributed by atoms with van der Waals surface area (Å²) in [4.78, 5) is 17.0. The number of carbonyl (C=O) groups excluding carboxylic acids is 1. The van der Waals surface area contributed by atoms with E-state index in [0.717, 1.165) is 13.1 Å². The molecule has 0 aliphatic carbocycles. The van der Waals surface area contributed by atoms with Crippen LogP contribution < -0.4 is 4.90 Å². The van der Waals surface area contributed by atoms with Gasteiger partial charge in [-0.25, -0.2) is 0 Å². The van der Waals surface area contributed by atoms with Crippen LogP contribution in [0.4, 0.5) is 5.69 Å². The summed E-state index contributed by atoms with van der Waals surface area (Å²) >= 11 is 0. The lowest BCUT2D eigenvalue weighted by molar-refractivity contribution is 0.0641. The first-order chi connectivity index (χ1) is 12.7. The lowest BCUT2D eigenvalue weighted by Gasteiger charge is -2.41. The van der Waals surface area contributed by atoms with E-state index in [1.54, 1.807) is 26.0 Å². The highest BCUT2D eigenvalue weighted by molar-refractivity contribution is 5.92. The summed E-state index contributed by atoms with van der Waals surface area (Å²) in [6.07, 6.45) is 0. The second kappa shape index (κ2) is 7.50. The van der Waals surface area contributed by atoms with Crippen molar-refractivity contribution in [3.63, 3.8) is 0 Å². The number of anilines is 1. The fourth-order valence-corrected chi connectivity index (χ4v) is 3.27. The Hall–Kier alpha value is -2.71. The first-order valence-electron chi connectivity index (χ1n) is 9.21. The van der Waals surface area contributed by atoms with Crippen molar-refractivity contribution in [2.75, 3.05) is 24.5 Å². The minimum absolute atomic E-state index is 0.0712. The van der Waals surface area contributed by atoms with Gasteiger partial charge in [-0.2, -0.15) is 0 Å². The van der Waals surface area contributed by atoms with E-state index >= 15 is 0 Å². The number of benzene rings is 1. The van der Waals surface area contributed by atoms with E-state index in [1.165, 1.54) is 11.3 Å². The largest absolute Gasteiger partial charge is 0.443 e. The van der Waals surface area contributed by atoms with Crippen LogP contribution in [0.3, 0.4) is 0 Å². The highest BCUT2D eigenvalue weighted by Crippen LogP contribution is 2.24. The molecule has 1 saturated heterocycles. The van der Waals surface area contributed by atoms with Crippen LogP contribution in [-0.2, 0) is 0 Å². The molecule has 1 aromatic carbocycles. The molecule has 3 rings (SSSR count). The van der Waals surface area contributed by atoms with Crippen LogP contribution >= 0.6 is 0 Å². The van der Waals surface area contributed by atoms with E-state index in [4.69, 9.17) is 4.42 Å². The predicted octanol–water partition coefficient (Wildman–Crippen LogP) is 3.06. The van der Waals surface area contributed by atoms with Crippen molar-refractivity contribution < 1.29 is 14.3 Å². The number of hydrogen-bond donors (Lipinski definition) is 1. The molecule has 0 unspecified atom stereocenters. The van der Waals surface area contributed by atoms with Crippen LogP contribution in [0.5, 0.6) is 0 Å². The number of piperazine rings is 1. The highest BCUT2D eigenvalue weighted by Gasteiger charge is 2.30. The number of carbonyl (C=O) groups is 1. The van der Waals surface area contributed by atoms with E-state index in [0.29, 0.717) is 12.3 Å². The van der Waals surface area contributed by atoms with E-state index in [1.807, 2.05) is 17.0 Å². The van der Waals surface area contributed by atoms with Gasteiger partial charge in [0.25, 0.3) is 5.91 Å². The van der Waals surface area contributed by atoms with Crippen LogP contribution in [0, 0.1) is 18.8 Å². The first kappa shape index (κ1) is 19.1. The van der Waals surface area contributed by atoms with Gasteiger partial charge in [0.15, 0.2) is 11.5 Å². The summed E-state index contributed by atoms with van der Waals surface area (Å²) < 4.78 is 5.58. The van der Waals surface area contributed by atoms with Crippen molar-refractivity contribution in [1.82, 2.24) is 4.90 Å². The average molecular weight is 366 g/mol. The third kappa shape index (κ3) is 4.53. The maximum atomic E-state index is 12.9. The molecule has 0 radical (unpaired) electrons. The molecule has 1 aliphatic rings. The number of furan rings is 1. The molecular formula is C22H26N2O3. The van der Waals surface area contributed by atoms with Crippen molar-refractivity contribution in [3.05, 3.63) is 53.5 Å². The third-order valence-electron chi connectivity index (χ3n) is 4.65. The first-order valence-corrected chi connectivity index (χ1v) is 9.21. The zero-order chi connectivity index (χ0) is 19.6. The van der Waals surface area contributed by atoms with Gasteiger partial charge in [-0.3, -0.25) is 4.79 Å². The van der Waals surface area contributed by atoms with Gasteiger partial charge in [-0.1, -0.05) is 24.1 Å². The van der Waals surface area contributed by atoms with Gasteiger partial charge in [0, 0.05) is 31.4 Å². The smallest absolute Gasteiger partial charge is 0.289 e. The minimum Gasteiger partial charge on any atom is -0.443 e. The van der Waals surface area contributed by atoms with Crippen molar-refractivity contribution in [2.24, 2.45) is 0 Å². The Morgan fingerprint density at radius 3 is 2.63 bits per heavy atom. The van der Waals surface area contributed by atoms with Crippen molar-refractivity contribution >= 4 is 11.6 Å². The SMILES string of the molecule is Cc1ccccc1N1CCN(C(=O)c2ccc(C#CC(C)(C)O)o2)[C@@H](C)C1. The molecule has 27 heavy (non-hydrogen) atoms. The lowest BCUT2D eigenvalue weighted by atomic mass is 10.1. The van der Waals surface area contributed by atoms with Gasteiger partial charge in [-0.15, -0.1) is 0 Å².